The minimum atomic E-state index is -1.09. The van der Waals surface area contributed by atoms with Crippen molar-refractivity contribution >= 4 is 22.8 Å². The number of rotatable bonds is 4. The fraction of sp³-hybridized carbons (Fsp3) is 0.435. The zero-order chi connectivity index (χ0) is 24.7. The first kappa shape index (κ1) is 21.7. The third-order valence-electron chi connectivity index (χ3n) is 8.25. The van der Waals surface area contributed by atoms with Gasteiger partial charge in [0.25, 0.3) is 5.69 Å². The van der Waals surface area contributed by atoms with Crippen LogP contribution >= 0.6 is 0 Å². The molecular formula is C23H23N5O7. The zero-order valence-electron chi connectivity index (χ0n) is 18.8. The number of likely N-dealkylation sites (tertiary alicyclic amines) is 1. The van der Waals surface area contributed by atoms with E-state index in [2.05, 4.69) is 15.4 Å². The van der Waals surface area contributed by atoms with E-state index in [0.717, 1.165) is 23.7 Å². The van der Waals surface area contributed by atoms with Gasteiger partial charge in [0.15, 0.2) is 17.6 Å². The molecule has 4 aliphatic rings. The van der Waals surface area contributed by atoms with Crippen LogP contribution in [0.5, 0.6) is 11.5 Å². The molecule has 12 nitrogen and oxygen atoms in total. The number of aromatic hydroxyl groups is 1. The van der Waals surface area contributed by atoms with Gasteiger partial charge >= 0.3 is 5.69 Å². The Bertz CT molecular complexity index is 1330. The summed E-state index contributed by atoms with van der Waals surface area (Å²) < 4.78 is 6.32. The number of anilines is 1. The number of nitro groups is 2. The molecular weight excluding hydrogens is 458 g/mol. The molecule has 1 spiro atoms. The van der Waals surface area contributed by atoms with Crippen LogP contribution < -0.4 is 10.2 Å². The van der Waals surface area contributed by atoms with Crippen LogP contribution in [-0.4, -0.2) is 62.0 Å². The van der Waals surface area contributed by atoms with E-state index >= 15 is 0 Å². The summed E-state index contributed by atoms with van der Waals surface area (Å²) >= 11 is 0. The summed E-state index contributed by atoms with van der Waals surface area (Å²) in [7, 11) is 2.01. The maximum atomic E-state index is 12.1. The number of non-ortho nitro benzene ring substituents is 1. The first-order valence-corrected chi connectivity index (χ1v) is 11.4. The standard InChI is InChI=1S/C23H23N5O7/c1-26-9-8-22-19-12-2-5-17(29)20(19)35-21(22)15(6-7-23(22,30)18(26)10-12)25-24-14-4-3-13(27(31)32)11-16(14)28(33)34/h2-5,11,18,21,24,29-30H,6-10H2,1H3/b25-15+/t18-,21?,22+,23-/m1/s1. The lowest BCUT2D eigenvalue weighted by atomic mass is 9.49. The number of hydrogen-bond acceptors (Lipinski definition) is 10. The number of likely N-dealkylation sites (N-methyl/N-ethyl adjacent to an activating group) is 1. The maximum Gasteiger partial charge on any atom is 0.301 e. The Balaban J connectivity index is 1.44. The number of aliphatic hydroxyl groups is 1. The molecule has 0 radical (unpaired) electrons. The van der Waals surface area contributed by atoms with Crippen molar-refractivity contribution in [2.24, 2.45) is 5.10 Å². The second-order valence-corrected chi connectivity index (χ2v) is 9.72. The highest BCUT2D eigenvalue weighted by atomic mass is 16.6. The Kier molecular flexibility index (Phi) is 4.42. The van der Waals surface area contributed by atoms with Gasteiger partial charge in [0, 0.05) is 17.7 Å². The van der Waals surface area contributed by atoms with Crippen molar-refractivity contribution < 1.29 is 24.8 Å². The SMILES string of the molecule is CN1CC[C@]23c4c5ccc(O)c4OC2/C(=N/Nc2ccc([N+](=O)[O-])cc2[N+](=O)[O-])CC[C@@]3(O)[C@H]1C5. The van der Waals surface area contributed by atoms with Crippen LogP contribution in [0.4, 0.5) is 17.1 Å². The summed E-state index contributed by atoms with van der Waals surface area (Å²) in [6.07, 6.45) is 1.38. The fourth-order valence-corrected chi connectivity index (χ4v) is 6.68. The second kappa shape index (κ2) is 7.12. The number of piperidine rings is 1. The lowest BCUT2D eigenvalue weighted by Gasteiger charge is -2.62. The highest BCUT2D eigenvalue weighted by molar-refractivity contribution is 5.95. The summed E-state index contributed by atoms with van der Waals surface area (Å²) in [6, 6.07) is 6.68. The van der Waals surface area contributed by atoms with Crippen LogP contribution in [0.2, 0.25) is 0 Å². The monoisotopic (exact) mass is 481 g/mol. The molecule has 0 amide bonds. The Labute approximate surface area is 199 Å². The average Bonchev–Trinajstić information content (AvgIpc) is 3.18. The molecule has 182 valence electrons. The molecule has 1 saturated heterocycles. The number of hydrogen-bond donors (Lipinski definition) is 3. The molecule has 6 rings (SSSR count). The van der Waals surface area contributed by atoms with Crippen LogP contribution in [0.25, 0.3) is 0 Å². The smallest absolute Gasteiger partial charge is 0.301 e. The molecule has 2 aliphatic carbocycles. The molecule has 2 aromatic carbocycles. The van der Waals surface area contributed by atoms with Crippen LogP contribution in [0, 0.1) is 20.2 Å². The molecule has 1 unspecified atom stereocenters. The molecule has 35 heavy (non-hydrogen) atoms. The van der Waals surface area contributed by atoms with Gasteiger partial charge in [-0.05, 0) is 57.0 Å². The highest BCUT2D eigenvalue weighted by Crippen LogP contribution is 2.64. The van der Waals surface area contributed by atoms with Gasteiger partial charge in [-0.1, -0.05) is 6.07 Å². The van der Waals surface area contributed by atoms with Crippen LogP contribution in [0.1, 0.15) is 30.4 Å². The Morgan fingerprint density at radius 1 is 1.20 bits per heavy atom. The van der Waals surface area contributed by atoms with E-state index in [0.29, 0.717) is 37.1 Å². The summed E-state index contributed by atoms with van der Waals surface area (Å²) in [5.41, 5.74) is 2.40. The van der Waals surface area contributed by atoms with Crippen molar-refractivity contribution in [1.82, 2.24) is 4.90 Å². The zero-order valence-corrected chi connectivity index (χ0v) is 18.8. The molecule has 0 aromatic heterocycles. The normalized spacial score (nSPS) is 31.5. The predicted molar refractivity (Wildman–Crippen MR) is 124 cm³/mol. The van der Waals surface area contributed by atoms with Gasteiger partial charge in [-0.2, -0.15) is 5.10 Å². The van der Waals surface area contributed by atoms with Gasteiger partial charge in [-0.25, -0.2) is 0 Å². The van der Waals surface area contributed by atoms with E-state index in [1.807, 2.05) is 13.1 Å². The van der Waals surface area contributed by atoms with Crippen molar-refractivity contribution in [2.75, 3.05) is 19.0 Å². The molecule has 1 saturated carbocycles. The lowest BCUT2D eigenvalue weighted by molar-refractivity contribution is -0.393. The highest BCUT2D eigenvalue weighted by Gasteiger charge is 2.72. The molecule has 3 N–H and O–H groups in total. The van der Waals surface area contributed by atoms with Crippen molar-refractivity contribution in [3.63, 3.8) is 0 Å². The fourth-order valence-electron chi connectivity index (χ4n) is 6.68. The third-order valence-corrected chi connectivity index (χ3v) is 8.25. The minimum absolute atomic E-state index is 0.00516. The van der Waals surface area contributed by atoms with Gasteiger partial charge in [0.05, 0.1) is 32.6 Å². The number of benzene rings is 2. The summed E-state index contributed by atoms with van der Waals surface area (Å²) in [5, 5.41) is 49.8. The van der Waals surface area contributed by atoms with Gasteiger partial charge in [0.1, 0.15) is 5.69 Å². The van der Waals surface area contributed by atoms with Gasteiger partial charge < -0.3 is 19.8 Å². The molecule has 12 heteroatoms. The summed E-state index contributed by atoms with van der Waals surface area (Å²) in [5.74, 6) is 0.371. The largest absolute Gasteiger partial charge is 0.504 e. The lowest BCUT2D eigenvalue weighted by Crippen LogP contribution is -2.76. The number of nitrogens with one attached hydrogen (secondary N) is 1. The summed E-state index contributed by atoms with van der Waals surface area (Å²) in [6.45, 7) is 0.732. The van der Waals surface area contributed by atoms with E-state index < -0.39 is 38.3 Å². The van der Waals surface area contributed by atoms with E-state index in [1.54, 1.807) is 6.07 Å². The van der Waals surface area contributed by atoms with E-state index in [4.69, 9.17) is 4.74 Å². The molecule has 4 atom stereocenters. The predicted octanol–water partition coefficient (Wildman–Crippen LogP) is 2.46. The van der Waals surface area contributed by atoms with Gasteiger partial charge in [-0.15, -0.1) is 0 Å². The van der Waals surface area contributed by atoms with Crippen molar-refractivity contribution in [2.45, 2.75) is 48.8 Å². The maximum absolute atomic E-state index is 12.1. The average molecular weight is 481 g/mol. The van der Waals surface area contributed by atoms with Crippen LogP contribution in [0.3, 0.4) is 0 Å². The number of nitro benzene ring substituents is 2. The topological polar surface area (TPSA) is 164 Å². The van der Waals surface area contributed by atoms with Crippen LogP contribution in [0.15, 0.2) is 35.4 Å². The van der Waals surface area contributed by atoms with Crippen molar-refractivity contribution in [1.29, 1.82) is 0 Å². The number of ether oxygens (including phenoxy) is 1. The van der Waals surface area contributed by atoms with E-state index in [-0.39, 0.29) is 17.5 Å². The van der Waals surface area contributed by atoms with Gasteiger partial charge in [-0.3, -0.25) is 25.7 Å². The number of nitrogens with zero attached hydrogens (tertiary/aromatic N) is 4. The Morgan fingerprint density at radius 2 is 2.00 bits per heavy atom. The minimum Gasteiger partial charge on any atom is -0.504 e. The molecule has 2 aromatic rings. The quantitative estimate of drug-likeness (QED) is 0.439. The first-order chi connectivity index (χ1) is 16.7. The molecule has 2 fully saturated rings. The van der Waals surface area contributed by atoms with E-state index in [9.17, 15) is 30.4 Å². The summed E-state index contributed by atoms with van der Waals surface area (Å²) in [4.78, 5) is 23.3. The van der Waals surface area contributed by atoms with Gasteiger partial charge in [0.2, 0.25) is 0 Å². The number of phenolic OH excluding ortho intramolecular Hbond substituents is 1. The second-order valence-electron chi connectivity index (χ2n) is 9.72. The third kappa shape index (κ3) is 2.71. The Morgan fingerprint density at radius 3 is 2.74 bits per heavy atom. The van der Waals surface area contributed by atoms with Crippen LogP contribution in [-0.2, 0) is 11.8 Å². The number of hydrazone groups is 1. The first-order valence-electron chi connectivity index (χ1n) is 11.4. The molecule has 2 bridgehead atoms. The Hall–Kier alpha value is -3.77. The molecule has 2 heterocycles. The van der Waals surface area contributed by atoms with Crippen molar-refractivity contribution in [3.05, 3.63) is 61.7 Å². The van der Waals surface area contributed by atoms with E-state index in [1.165, 1.54) is 12.1 Å². The number of phenols is 1. The molecule has 2 aliphatic heterocycles. The van der Waals surface area contributed by atoms with Crippen molar-refractivity contribution in [3.8, 4) is 11.5 Å².